The Kier molecular flexibility index (Phi) is 6.34. The molecule has 0 atom stereocenters. The number of hydrogen-bond acceptors (Lipinski definition) is 5. The lowest BCUT2D eigenvalue weighted by Crippen LogP contribution is -2.64. The average Bonchev–Trinajstić information content (AvgIpc) is 3.36. The van der Waals surface area contributed by atoms with Crippen LogP contribution in [0.1, 0.15) is 26.3 Å². The van der Waals surface area contributed by atoms with Gasteiger partial charge in [-0.15, -0.1) is 0 Å². The van der Waals surface area contributed by atoms with E-state index >= 15 is 0 Å². The van der Waals surface area contributed by atoms with E-state index in [2.05, 4.69) is 9.88 Å². The number of likely N-dealkylation sites (tertiary alicyclic amines) is 1. The largest absolute Gasteiger partial charge is 0.436 e. The summed E-state index contributed by atoms with van der Waals surface area (Å²) in [4.78, 5) is 36.0. The van der Waals surface area contributed by atoms with Gasteiger partial charge in [0.25, 0.3) is 11.8 Å². The van der Waals surface area contributed by atoms with Gasteiger partial charge in [0.05, 0.1) is 5.56 Å². The van der Waals surface area contributed by atoms with E-state index in [4.69, 9.17) is 4.42 Å². The summed E-state index contributed by atoms with van der Waals surface area (Å²) in [7, 11) is 0. The lowest BCUT2D eigenvalue weighted by molar-refractivity contribution is -0.137. The van der Waals surface area contributed by atoms with Crippen LogP contribution in [0, 0.1) is 0 Å². The number of alkyl halides is 3. The van der Waals surface area contributed by atoms with E-state index in [9.17, 15) is 22.8 Å². The first-order chi connectivity index (χ1) is 18.8. The lowest BCUT2D eigenvalue weighted by atomic mass is 10.0. The molecule has 39 heavy (non-hydrogen) atoms. The Morgan fingerprint density at radius 2 is 1.51 bits per heavy atom. The molecule has 2 amide bonds. The maximum atomic E-state index is 13.1. The van der Waals surface area contributed by atoms with Crippen LogP contribution in [0.3, 0.4) is 0 Å². The van der Waals surface area contributed by atoms with Crippen molar-refractivity contribution in [1.82, 2.24) is 19.7 Å². The number of amides is 2. The highest BCUT2D eigenvalue weighted by molar-refractivity contribution is 5.98. The van der Waals surface area contributed by atoms with E-state index in [0.29, 0.717) is 48.4 Å². The molecular formula is C29H25F3N4O3. The number of carbonyl (C=O) groups is 2. The molecule has 10 heteroatoms. The summed E-state index contributed by atoms with van der Waals surface area (Å²) in [5, 5.41) is 0. The number of hydrogen-bond donors (Lipinski definition) is 0. The summed E-state index contributed by atoms with van der Waals surface area (Å²) in [6, 6.07) is 19.2. The van der Waals surface area contributed by atoms with Crippen molar-refractivity contribution >= 4 is 22.9 Å². The van der Waals surface area contributed by atoms with E-state index in [1.54, 1.807) is 23.1 Å². The van der Waals surface area contributed by atoms with Crippen LogP contribution in [-0.4, -0.2) is 76.8 Å². The standard InChI is InChI=1S/C29H25F3N4O3/c30-29(31,32)22-8-4-7-20(15-22)26-33-24-10-9-21(16-25(24)39-26)28(38)36-17-23(18-36)34-11-13-35(14-12-34)27(37)19-5-2-1-3-6-19/h1-10,15-16,23H,11-14,17-18H2. The second-order valence-electron chi connectivity index (χ2n) is 9.84. The molecule has 0 unspecified atom stereocenters. The molecule has 0 N–H and O–H groups in total. The molecule has 2 saturated heterocycles. The minimum Gasteiger partial charge on any atom is -0.436 e. The van der Waals surface area contributed by atoms with Gasteiger partial charge < -0.3 is 14.2 Å². The van der Waals surface area contributed by atoms with Crippen molar-refractivity contribution in [3.63, 3.8) is 0 Å². The molecule has 0 saturated carbocycles. The molecule has 0 spiro atoms. The predicted octanol–water partition coefficient (Wildman–Crippen LogP) is 4.80. The van der Waals surface area contributed by atoms with Gasteiger partial charge in [-0.25, -0.2) is 4.98 Å². The second-order valence-corrected chi connectivity index (χ2v) is 9.84. The quantitative estimate of drug-likeness (QED) is 0.377. The molecule has 3 aromatic carbocycles. The fraction of sp³-hybridized carbons (Fsp3) is 0.276. The number of carbonyl (C=O) groups excluding carboxylic acids is 2. The minimum atomic E-state index is -4.47. The molecule has 7 nitrogen and oxygen atoms in total. The van der Waals surface area contributed by atoms with Gasteiger partial charge >= 0.3 is 6.18 Å². The predicted molar refractivity (Wildman–Crippen MR) is 138 cm³/mol. The van der Waals surface area contributed by atoms with E-state index in [1.807, 2.05) is 35.2 Å². The summed E-state index contributed by atoms with van der Waals surface area (Å²) < 4.78 is 45.0. The van der Waals surface area contributed by atoms with E-state index in [-0.39, 0.29) is 29.3 Å². The maximum Gasteiger partial charge on any atom is 0.416 e. The van der Waals surface area contributed by atoms with Gasteiger partial charge in [-0.3, -0.25) is 14.5 Å². The molecule has 2 aliphatic rings. The van der Waals surface area contributed by atoms with Crippen molar-refractivity contribution in [3.05, 3.63) is 89.5 Å². The first-order valence-electron chi connectivity index (χ1n) is 12.7. The Hall–Kier alpha value is -4.18. The smallest absolute Gasteiger partial charge is 0.416 e. The maximum absolute atomic E-state index is 13.1. The summed E-state index contributed by atoms with van der Waals surface area (Å²) >= 11 is 0. The van der Waals surface area contributed by atoms with Crippen molar-refractivity contribution in [2.24, 2.45) is 0 Å². The van der Waals surface area contributed by atoms with Crippen molar-refractivity contribution in [1.29, 1.82) is 0 Å². The summed E-state index contributed by atoms with van der Waals surface area (Å²) in [6.45, 7) is 4.00. The monoisotopic (exact) mass is 534 g/mol. The van der Waals surface area contributed by atoms with Crippen LogP contribution in [0.2, 0.25) is 0 Å². The number of piperazine rings is 1. The third-order valence-electron chi connectivity index (χ3n) is 7.36. The Bertz CT molecular complexity index is 1520. The summed E-state index contributed by atoms with van der Waals surface area (Å²) in [6.07, 6.45) is -4.47. The van der Waals surface area contributed by atoms with Crippen molar-refractivity contribution in [3.8, 4) is 11.5 Å². The minimum absolute atomic E-state index is 0.0414. The number of aromatic nitrogens is 1. The van der Waals surface area contributed by atoms with Crippen molar-refractivity contribution in [2.45, 2.75) is 12.2 Å². The van der Waals surface area contributed by atoms with Crippen LogP contribution in [0.25, 0.3) is 22.6 Å². The van der Waals surface area contributed by atoms with Crippen LogP contribution in [-0.2, 0) is 6.18 Å². The fourth-order valence-electron chi connectivity index (χ4n) is 5.10. The van der Waals surface area contributed by atoms with Gasteiger partial charge in [-0.1, -0.05) is 24.3 Å². The highest BCUT2D eigenvalue weighted by atomic mass is 19.4. The third-order valence-corrected chi connectivity index (χ3v) is 7.36. The summed E-state index contributed by atoms with van der Waals surface area (Å²) in [5.74, 6) is -0.0302. The van der Waals surface area contributed by atoms with Gasteiger partial charge in [-0.2, -0.15) is 13.2 Å². The molecule has 6 rings (SSSR count). The van der Waals surface area contributed by atoms with Gasteiger partial charge in [0, 0.05) is 62.0 Å². The molecule has 3 heterocycles. The molecule has 2 aliphatic heterocycles. The molecule has 200 valence electrons. The molecule has 0 aliphatic carbocycles. The topological polar surface area (TPSA) is 69.9 Å². The lowest BCUT2D eigenvalue weighted by Gasteiger charge is -2.48. The van der Waals surface area contributed by atoms with Crippen LogP contribution < -0.4 is 0 Å². The highest BCUT2D eigenvalue weighted by Crippen LogP contribution is 2.33. The first-order valence-corrected chi connectivity index (χ1v) is 12.7. The van der Waals surface area contributed by atoms with Gasteiger partial charge in [0.15, 0.2) is 5.58 Å². The van der Waals surface area contributed by atoms with Crippen LogP contribution in [0.15, 0.2) is 77.2 Å². The number of benzene rings is 3. The first kappa shape index (κ1) is 25.1. The second kappa shape index (κ2) is 9.85. The zero-order chi connectivity index (χ0) is 27.1. The average molecular weight is 535 g/mol. The van der Waals surface area contributed by atoms with Gasteiger partial charge in [0.1, 0.15) is 5.52 Å². The molecule has 4 aromatic rings. The van der Waals surface area contributed by atoms with Gasteiger partial charge in [-0.05, 0) is 48.5 Å². The number of oxazole rings is 1. The normalized spacial score (nSPS) is 16.9. The number of nitrogens with zero attached hydrogens (tertiary/aromatic N) is 4. The van der Waals surface area contributed by atoms with Gasteiger partial charge in [0.2, 0.25) is 5.89 Å². The molecule has 0 bridgehead atoms. The Balaban J connectivity index is 1.07. The van der Waals surface area contributed by atoms with Crippen molar-refractivity contribution < 1.29 is 27.2 Å². The third kappa shape index (κ3) is 4.99. The Morgan fingerprint density at radius 3 is 2.23 bits per heavy atom. The Morgan fingerprint density at radius 1 is 0.795 bits per heavy atom. The fourth-order valence-corrected chi connectivity index (χ4v) is 5.10. The van der Waals surface area contributed by atoms with Crippen LogP contribution in [0.5, 0.6) is 0 Å². The molecule has 0 radical (unpaired) electrons. The summed E-state index contributed by atoms with van der Waals surface area (Å²) in [5.41, 5.74) is 1.36. The zero-order valence-corrected chi connectivity index (χ0v) is 20.9. The number of halogens is 3. The molecule has 1 aromatic heterocycles. The SMILES string of the molecule is O=C(c1ccccc1)N1CCN(C2CN(C(=O)c3ccc4nc(-c5cccc(C(F)(F)F)c5)oc4c3)C2)CC1. The highest BCUT2D eigenvalue weighted by Gasteiger charge is 2.37. The zero-order valence-electron chi connectivity index (χ0n) is 20.9. The van der Waals surface area contributed by atoms with E-state index in [0.717, 1.165) is 25.2 Å². The molecular weight excluding hydrogens is 509 g/mol. The van der Waals surface area contributed by atoms with E-state index in [1.165, 1.54) is 12.1 Å². The van der Waals surface area contributed by atoms with Crippen LogP contribution >= 0.6 is 0 Å². The Labute approximate surface area is 222 Å². The van der Waals surface area contributed by atoms with E-state index < -0.39 is 11.7 Å². The van der Waals surface area contributed by atoms with Crippen molar-refractivity contribution in [2.75, 3.05) is 39.3 Å². The number of rotatable bonds is 4. The number of fused-ring (bicyclic) bond motifs is 1. The molecule has 2 fully saturated rings. The van der Waals surface area contributed by atoms with Crippen LogP contribution in [0.4, 0.5) is 13.2 Å².